The Bertz CT molecular complexity index is 1370. The normalized spacial score (nSPS) is 25.9. The lowest BCUT2D eigenvalue weighted by Gasteiger charge is -2.44. The number of hydrogen-bond donors (Lipinski definition) is 0. The number of nitrogens with zero attached hydrogens (tertiary/aromatic N) is 6. The van der Waals surface area contributed by atoms with Crippen LogP contribution in [0, 0.1) is 11.3 Å². The van der Waals surface area contributed by atoms with E-state index in [4.69, 9.17) is 14.7 Å². The van der Waals surface area contributed by atoms with Crippen molar-refractivity contribution in [2.24, 2.45) is 0 Å². The lowest BCUT2D eigenvalue weighted by Crippen LogP contribution is -2.55. The summed E-state index contributed by atoms with van der Waals surface area (Å²) in [5, 5.41) is 9.49. The Balaban J connectivity index is 1.34. The van der Waals surface area contributed by atoms with Crippen LogP contribution in [0.1, 0.15) is 60.9 Å². The van der Waals surface area contributed by atoms with Gasteiger partial charge in [0, 0.05) is 36.7 Å². The highest BCUT2D eigenvalue weighted by molar-refractivity contribution is 5.91. The lowest BCUT2D eigenvalue weighted by atomic mass is 9.62. The van der Waals surface area contributed by atoms with Gasteiger partial charge in [-0.05, 0) is 76.1 Å². The van der Waals surface area contributed by atoms with Crippen molar-refractivity contribution in [2.75, 3.05) is 44.7 Å². The van der Waals surface area contributed by atoms with Crippen LogP contribution in [0.5, 0.6) is 6.01 Å². The van der Waals surface area contributed by atoms with Gasteiger partial charge in [-0.2, -0.15) is 15.2 Å². The van der Waals surface area contributed by atoms with Crippen molar-refractivity contribution >= 4 is 11.7 Å². The number of aromatic nitrogens is 2. The second-order valence-electron chi connectivity index (χ2n) is 12.2. The number of benzene rings is 1. The van der Waals surface area contributed by atoms with E-state index >= 15 is 0 Å². The summed E-state index contributed by atoms with van der Waals surface area (Å²) < 4.78 is 20.1. The van der Waals surface area contributed by atoms with Gasteiger partial charge in [0.05, 0.1) is 24.2 Å². The third-order valence-corrected chi connectivity index (χ3v) is 9.78. The number of likely N-dealkylation sites (tertiary alicyclic amines) is 1. The molecule has 0 saturated carbocycles. The number of halogens is 1. The quantitative estimate of drug-likeness (QED) is 0.493. The monoisotopic (exact) mass is 558 g/mol. The zero-order valence-corrected chi connectivity index (χ0v) is 23.9. The zero-order valence-electron chi connectivity index (χ0n) is 23.9. The molecule has 0 radical (unpaired) electrons. The van der Waals surface area contributed by atoms with E-state index in [0.29, 0.717) is 38.3 Å². The van der Waals surface area contributed by atoms with Crippen LogP contribution in [0.3, 0.4) is 0 Å². The maximum atomic E-state index is 13.8. The number of likely N-dealkylation sites (N-methyl/N-ethyl adjacent to an activating group) is 1. The van der Waals surface area contributed by atoms with Crippen molar-refractivity contribution in [3.8, 4) is 12.1 Å². The Morgan fingerprint density at radius 3 is 2.80 bits per heavy atom. The van der Waals surface area contributed by atoms with Crippen LogP contribution >= 0.6 is 0 Å². The third kappa shape index (κ3) is 5.30. The Kier molecular flexibility index (Phi) is 7.69. The van der Waals surface area contributed by atoms with Gasteiger partial charge in [0.25, 0.3) is 5.91 Å². The van der Waals surface area contributed by atoms with Crippen molar-refractivity contribution in [3.05, 3.63) is 59.1 Å². The molecule has 2 aliphatic carbocycles. The molecular formula is C32H39FN6O2. The molecule has 6 rings (SSSR count). The van der Waals surface area contributed by atoms with Crippen LogP contribution in [0.2, 0.25) is 0 Å². The smallest absolute Gasteiger partial charge is 0.318 e. The first kappa shape index (κ1) is 27.6. The first-order chi connectivity index (χ1) is 19.9. The summed E-state index contributed by atoms with van der Waals surface area (Å²) in [5.41, 5.74) is 5.15. The molecular weight excluding hydrogens is 519 g/mol. The standard InChI is InChI=1S/C32H39FN6O2/c1-22(33)30(40)39-18-17-38(20-24(39)12-15-34)29-26-11-14-32(13-5-8-23-7-3-4-10-27(23)32)19-28(26)35-31(36-29)41-21-25-9-6-16-37(25)2/h3-4,7,10,24-25H,1,5-6,8-9,11-14,16-21H2,2H3. The maximum Gasteiger partial charge on any atom is 0.318 e. The van der Waals surface area contributed by atoms with Crippen molar-refractivity contribution in [2.45, 2.75) is 75.3 Å². The number of hydrogen-bond acceptors (Lipinski definition) is 7. The van der Waals surface area contributed by atoms with E-state index in [0.717, 1.165) is 68.6 Å². The molecule has 4 aliphatic rings. The molecule has 3 atom stereocenters. The number of fused-ring (bicyclic) bond motifs is 3. The van der Waals surface area contributed by atoms with Gasteiger partial charge in [-0.1, -0.05) is 30.8 Å². The molecule has 1 aromatic carbocycles. The fraction of sp³-hybridized carbons (Fsp3) is 0.562. The van der Waals surface area contributed by atoms with Gasteiger partial charge in [0.15, 0.2) is 5.83 Å². The van der Waals surface area contributed by atoms with Gasteiger partial charge in [-0.15, -0.1) is 0 Å². The average Bonchev–Trinajstić information content (AvgIpc) is 3.40. The highest BCUT2D eigenvalue weighted by atomic mass is 19.1. The minimum atomic E-state index is -0.994. The number of carbonyl (C=O) groups excluding carboxylic acids is 1. The molecule has 0 bridgehead atoms. The molecule has 1 amide bonds. The molecule has 1 spiro atoms. The van der Waals surface area contributed by atoms with E-state index < -0.39 is 17.8 Å². The summed E-state index contributed by atoms with van der Waals surface area (Å²) in [6.45, 7) is 5.99. The number of rotatable bonds is 6. The zero-order chi connectivity index (χ0) is 28.6. The van der Waals surface area contributed by atoms with Gasteiger partial charge >= 0.3 is 6.01 Å². The summed E-state index contributed by atoms with van der Waals surface area (Å²) in [6.07, 6.45) is 8.54. The van der Waals surface area contributed by atoms with Gasteiger partial charge in [0.2, 0.25) is 0 Å². The second kappa shape index (κ2) is 11.4. The molecule has 216 valence electrons. The molecule has 2 aromatic rings. The van der Waals surface area contributed by atoms with Crippen molar-refractivity contribution in [1.82, 2.24) is 19.8 Å². The second-order valence-corrected chi connectivity index (χ2v) is 12.2. The molecule has 3 heterocycles. The lowest BCUT2D eigenvalue weighted by molar-refractivity contribution is -0.131. The highest BCUT2D eigenvalue weighted by Crippen LogP contribution is 2.47. The molecule has 8 nitrogen and oxygen atoms in total. The molecule has 2 aliphatic heterocycles. The van der Waals surface area contributed by atoms with Crippen molar-refractivity contribution < 1.29 is 13.9 Å². The number of anilines is 1. The van der Waals surface area contributed by atoms with Gasteiger partial charge < -0.3 is 19.4 Å². The fourth-order valence-electron chi connectivity index (χ4n) is 7.56. The van der Waals surface area contributed by atoms with Gasteiger partial charge in [-0.25, -0.2) is 4.39 Å². The SMILES string of the molecule is C=C(F)C(=O)N1CCN(c2nc(OCC3CCCN3C)nc3c2CCC2(CCCc4ccccc42)C3)CC1CC#N. The first-order valence-corrected chi connectivity index (χ1v) is 15.0. The van der Waals surface area contributed by atoms with E-state index in [1.807, 2.05) is 0 Å². The molecule has 1 aromatic heterocycles. The van der Waals surface area contributed by atoms with Crippen LogP contribution in [-0.4, -0.2) is 77.6 Å². The van der Waals surface area contributed by atoms with Crippen molar-refractivity contribution in [3.63, 3.8) is 0 Å². The Hall–Kier alpha value is -3.51. The highest BCUT2D eigenvalue weighted by Gasteiger charge is 2.42. The third-order valence-electron chi connectivity index (χ3n) is 9.78. The van der Waals surface area contributed by atoms with Gasteiger partial charge in [-0.3, -0.25) is 4.79 Å². The van der Waals surface area contributed by atoms with E-state index in [1.165, 1.54) is 22.4 Å². The minimum Gasteiger partial charge on any atom is -0.462 e. The molecule has 2 fully saturated rings. The molecule has 9 heteroatoms. The number of amides is 1. The number of ether oxygens (including phenoxy) is 1. The summed E-state index contributed by atoms with van der Waals surface area (Å²) in [5.74, 6) is -0.901. The fourth-order valence-corrected chi connectivity index (χ4v) is 7.56. The minimum absolute atomic E-state index is 0.0619. The van der Waals surface area contributed by atoms with Crippen molar-refractivity contribution in [1.29, 1.82) is 5.26 Å². The maximum absolute atomic E-state index is 13.8. The number of carbonyl (C=O) groups is 1. The van der Waals surface area contributed by atoms with E-state index in [1.54, 1.807) is 0 Å². The molecule has 41 heavy (non-hydrogen) atoms. The predicted octanol–water partition coefficient (Wildman–Crippen LogP) is 4.13. The number of piperazine rings is 1. The van der Waals surface area contributed by atoms with Crippen LogP contribution < -0.4 is 9.64 Å². The molecule has 3 unspecified atom stereocenters. The molecule has 0 N–H and O–H groups in total. The Morgan fingerprint density at radius 2 is 2.02 bits per heavy atom. The predicted molar refractivity (Wildman–Crippen MR) is 154 cm³/mol. The summed E-state index contributed by atoms with van der Waals surface area (Å²) >= 11 is 0. The summed E-state index contributed by atoms with van der Waals surface area (Å²) in [4.78, 5) is 28.4. The Labute approximate surface area is 241 Å². The van der Waals surface area contributed by atoms with Gasteiger partial charge in [0.1, 0.15) is 12.4 Å². The van der Waals surface area contributed by atoms with Crippen LogP contribution in [0.15, 0.2) is 36.7 Å². The summed E-state index contributed by atoms with van der Waals surface area (Å²) in [7, 11) is 2.13. The van der Waals surface area contributed by atoms with Crippen LogP contribution in [0.4, 0.5) is 10.2 Å². The van der Waals surface area contributed by atoms with E-state index in [2.05, 4.69) is 53.8 Å². The first-order valence-electron chi connectivity index (χ1n) is 15.0. The molecule has 2 saturated heterocycles. The average molecular weight is 559 g/mol. The number of nitriles is 1. The number of aryl methyl sites for hydroxylation is 1. The van der Waals surface area contributed by atoms with E-state index in [9.17, 15) is 14.4 Å². The largest absolute Gasteiger partial charge is 0.462 e. The van der Waals surface area contributed by atoms with Crippen LogP contribution in [-0.2, 0) is 29.5 Å². The topological polar surface area (TPSA) is 85.6 Å². The van der Waals surface area contributed by atoms with E-state index in [-0.39, 0.29) is 11.8 Å². The van der Waals surface area contributed by atoms with Crippen LogP contribution in [0.25, 0.3) is 0 Å². The summed E-state index contributed by atoms with van der Waals surface area (Å²) in [6, 6.07) is 11.3. The Morgan fingerprint density at radius 1 is 1.17 bits per heavy atom.